The first-order chi connectivity index (χ1) is 9.54. The number of hydrogen-bond acceptors (Lipinski definition) is 2. The van der Waals surface area contributed by atoms with E-state index in [-0.39, 0.29) is 18.0 Å². The SMILES string of the molecule is Cc1ccc(CC(=O)c2ccc(OC(F)F)cc2)cc1. The van der Waals surface area contributed by atoms with E-state index in [1.54, 1.807) is 0 Å². The monoisotopic (exact) mass is 276 g/mol. The number of alkyl halides is 2. The van der Waals surface area contributed by atoms with Gasteiger partial charge in [-0.3, -0.25) is 4.79 Å². The second-order valence-corrected chi connectivity index (χ2v) is 4.49. The zero-order valence-corrected chi connectivity index (χ0v) is 11.0. The highest BCUT2D eigenvalue weighted by Crippen LogP contribution is 2.16. The number of aryl methyl sites for hydroxylation is 1. The summed E-state index contributed by atoms with van der Waals surface area (Å²) in [5.41, 5.74) is 2.54. The van der Waals surface area contributed by atoms with E-state index < -0.39 is 6.61 Å². The van der Waals surface area contributed by atoms with Crippen LogP contribution in [0.2, 0.25) is 0 Å². The zero-order valence-electron chi connectivity index (χ0n) is 11.0. The molecular formula is C16H14F2O2. The molecule has 2 aromatic carbocycles. The number of benzene rings is 2. The van der Waals surface area contributed by atoms with Crippen LogP contribution in [0.25, 0.3) is 0 Å². The van der Waals surface area contributed by atoms with Crippen molar-refractivity contribution in [3.63, 3.8) is 0 Å². The number of carbonyl (C=O) groups is 1. The van der Waals surface area contributed by atoms with Gasteiger partial charge in [0.2, 0.25) is 0 Å². The summed E-state index contributed by atoms with van der Waals surface area (Å²) in [7, 11) is 0. The molecular weight excluding hydrogens is 262 g/mol. The standard InChI is InChI=1S/C16H14F2O2/c1-11-2-4-12(5-3-11)10-15(19)13-6-8-14(9-7-13)20-16(17)18/h2-9,16H,10H2,1H3. The molecule has 0 atom stereocenters. The highest BCUT2D eigenvalue weighted by Gasteiger charge is 2.09. The molecule has 0 aliphatic rings. The molecule has 0 amide bonds. The average molecular weight is 276 g/mol. The molecule has 0 spiro atoms. The van der Waals surface area contributed by atoms with Crippen LogP contribution < -0.4 is 4.74 Å². The number of halogens is 2. The van der Waals surface area contributed by atoms with Crippen molar-refractivity contribution in [1.29, 1.82) is 0 Å². The third-order valence-electron chi connectivity index (χ3n) is 2.89. The van der Waals surface area contributed by atoms with Gasteiger partial charge in [-0.15, -0.1) is 0 Å². The van der Waals surface area contributed by atoms with Gasteiger partial charge in [-0.2, -0.15) is 8.78 Å². The van der Waals surface area contributed by atoms with Crippen LogP contribution >= 0.6 is 0 Å². The molecule has 0 unspecified atom stereocenters. The highest BCUT2D eigenvalue weighted by atomic mass is 19.3. The molecule has 4 heteroatoms. The van der Waals surface area contributed by atoms with Crippen LogP contribution in [-0.4, -0.2) is 12.4 Å². The number of rotatable bonds is 5. The van der Waals surface area contributed by atoms with Gasteiger partial charge >= 0.3 is 6.61 Å². The van der Waals surface area contributed by atoms with E-state index in [4.69, 9.17) is 0 Å². The average Bonchev–Trinajstić information content (AvgIpc) is 2.41. The summed E-state index contributed by atoms with van der Waals surface area (Å²) in [4.78, 5) is 12.0. The molecule has 2 aromatic rings. The summed E-state index contributed by atoms with van der Waals surface area (Å²) in [6.45, 7) is -0.878. The van der Waals surface area contributed by atoms with Gasteiger partial charge in [-0.1, -0.05) is 29.8 Å². The topological polar surface area (TPSA) is 26.3 Å². The van der Waals surface area contributed by atoms with Crippen molar-refractivity contribution in [2.24, 2.45) is 0 Å². The molecule has 2 nitrogen and oxygen atoms in total. The molecule has 0 saturated carbocycles. The number of carbonyl (C=O) groups excluding carboxylic acids is 1. The summed E-state index contributed by atoms with van der Waals surface area (Å²) < 4.78 is 28.3. The van der Waals surface area contributed by atoms with E-state index >= 15 is 0 Å². The lowest BCUT2D eigenvalue weighted by Crippen LogP contribution is -2.05. The highest BCUT2D eigenvalue weighted by molar-refractivity contribution is 5.97. The van der Waals surface area contributed by atoms with Gasteiger partial charge in [0.05, 0.1) is 0 Å². The van der Waals surface area contributed by atoms with Gasteiger partial charge in [0.25, 0.3) is 0 Å². The van der Waals surface area contributed by atoms with Gasteiger partial charge in [-0.05, 0) is 36.8 Å². The lowest BCUT2D eigenvalue weighted by atomic mass is 10.0. The van der Waals surface area contributed by atoms with Gasteiger partial charge in [0.15, 0.2) is 5.78 Å². The third-order valence-corrected chi connectivity index (χ3v) is 2.89. The Morgan fingerprint density at radius 1 is 1.05 bits per heavy atom. The Kier molecular flexibility index (Phi) is 4.45. The zero-order chi connectivity index (χ0) is 14.5. The number of ether oxygens (including phenoxy) is 1. The van der Waals surface area contributed by atoms with Crippen LogP contribution in [0.1, 0.15) is 21.5 Å². The van der Waals surface area contributed by atoms with Crippen molar-refractivity contribution in [3.8, 4) is 5.75 Å². The number of hydrogen-bond donors (Lipinski definition) is 0. The molecule has 0 N–H and O–H groups in total. The Hall–Kier alpha value is -2.23. The van der Waals surface area contributed by atoms with Gasteiger partial charge in [0.1, 0.15) is 5.75 Å². The molecule has 0 radical (unpaired) electrons. The quantitative estimate of drug-likeness (QED) is 0.771. The number of Topliss-reactive ketones (excluding diaryl/α,β-unsaturated/α-hetero) is 1. The molecule has 0 heterocycles. The fourth-order valence-electron chi connectivity index (χ4n) is 1.82. The predicted molar refractivity (Wildman–Crippen MR) is 72.3 cm³/mol. The van der Waals surface area contributed by atoms with Crippen molar-refractivity contribution >= 4 is 5.78 Å². The molecule has 0 aliphatic heterocycles. The minimum Gasteiger partial charge on any atom is -0.435 e. The summed E-state index contributed by atoms with van der Waals surface area (Å²) in [5, 5.41) is 0. The van der Waals surface area contributed by atoms with E-state index in [0.29, 0.717) is 5.56 Å². The Bertz CT molecular complexity index is 574. The summed E-state index contributed by atoms with van der Waals surface area (Å²) in [5.74, 6) is -0.00987. The largest absolute Gasteiger partial charge is 0.435 e. The van der Waals surface area contributed by atoms with Crippen LogP contribution in [-0.2, 0) is 6.42 Å². The lowest BCUT2D eigenvalue weighted by molar-refractivity contribution is -0.0498. The number of ketones is 1. The first-order valence-corrected chi connectivity index (χ1v) is 6.18. The molecule has 0 aromatic heterocycles. The maximum Gasteiger partial charge on any atom is 0.387 e. The molecule has 2 rings (SSSR count). The molecule has 20 heavy (non-hydrogen) atoms. The Balaban J connectivity index is 2.03. The van der Waals surface area contributed by atoms with Crippen molar-refractivity contribution in [2.75, 3.05) is 0 Å². The third kappa shape index (κ3) is 3.88. The smallest absolute Gasteiger partial charge is 0.387 e. The Morgan fingerprint density at radius 2 is 1.65 bits per heavy atom. The minimum atomic E-state index is -2.86. The first-order valence-electron chi connectivity index (χ1n) is 6.18. The molecule has 0 saturated heterocycles. The molecule has 0 bridgehead atoms. The minimum absolute atomic E-state index is 0.0480. The maximum atomic E-state index is 12.0. The molecule has 0 fully saturated rings. The predicted octanol–water partition coefficient (Wildman–Crippen LogP) is 4.02. The molecule has 0 aliphatic carbocycles. The normalized spacial score (nSPS) is 10.6. The second-order valence-electron chi connectivity index (χ2n) is 4.49. The van der Waals surface area contributed by atoms with E-state index in [1.807, 2.05) is 31.2 Å². The second kappa shape index (κ2) is 6.28. The van der Waals surface area contributed by atoms with Crippen LogP contribution in [0, 0.1) is 6.92 Å². The summed E-state index contributed by atoms with van der Waals surface area (Å²) in [6, 6.07) is 13.4. The van der Waals surface area contributed by atoms with Crippen LogP contribution in [0.4, 0.5) is 8.78 Å². The maximum absolute atomic E-state index is 12.0. The van der Waals surface area contributed by atoms with Crippen molar-refractivity contribution in [2.45, 2.75) is 20.0 Å². The van der Waals surface area contributed by atoms with Gasteiger partial charge in [0, 0.05) is 12.0 Å². The molecule has 104 valence electrons. The summed E-state index contributed by atoms with van der Waals surface area (Å²) >= 11 is 0. The van der Waals surface area contributed by atoms with Crippen LogP contribution in [0.5, 0.6) is 5.75 Å². The van der Waals surface area contributed by atoms with Crippen LogP contribution in [0.15, 0.2) is 48.5 Å². The Morgan fingerprint density at radius 3 is 2.20 bits per heavy atom. The van der Waals surface area contributed by atoms with Gasteiger partial charge < -0.3 is 4.74 Å². The van der Waals surface area contributed by atoms with Crippen molar-refractivity contribution in [3.05, 3.63) is 65.2 Å². The van der Waals surface area contributed by atoms with Gasteiger partial charge in [-0.25, -0.2) is 0 Å². The Labute approximate surface area is 116 Å². The fraction of sp³-hybridized carbons (Fsp3) is 0.188. The lowest BCUT2D eigenvalue weighted by Gasteiger charge is -2.06. The first kappa shape index (κ1) is 14.2. The van der Waals surface area contributed by atoms with Crippen molar-refractivity contribution < 1.29 is 18.3 Å². The van der Waals surface area contributed by atoms with Crippen molar-refractivity contribution in [1.82, 2.24) is 0 Å². The summed E-state index contributed by atoms with van der Waals surface area (Å²) in [6.07, 6.45) is 0.287. The van der Waals surface area contributed by atoms with E-state index in [0.717, 1.165) is 11.1 Å². The fourth-order valence-corrected chi connectivity index (χ4v) is 1.82. The van der Waals surface area contributed by atoms with Crippen LogP contribution in [0.3, 0.4) is 0 Å². The van der Waals surface area contributed by atoms with E-state index in [9.17, 15) is 13.6 Å². The van der Waals surface area contributed by atoms with E-state index in [1.165, 1.54) is 24.3 Å². The van der Waals surface area contributed by atoms with E-state index in [2.05, 4.69) is 4.74 Å².